The van der Waals surface area contributed by atoms with E-state index in [4.69, 9.17) is 42.6 Å². The molecule has 0 aliphatic carbocycles. The summed E-state index contributed by atoms with van der Waals surface area (Å²) in [6.45, 7) is 28.3. The Balaban J connectivity index is 3.80. The highest BCUT2D eigenvalue weighted by Crippen LogP contribution is 2.31. The van der Waals surface area contributed by atoms with Crippen LogP contribution in [0.1, 0.15) is 75.7 Å². The number of ketones is 1. The third kappa shape index (κ3) is 32.2. The van der Waals surface area contributed by atoms with Gasteiger partial charge < -0.3 is 53.1 Å². The van der Waals surface area contributed by atoms with Crippen LogP contribution in [-0.2, 0) is 47.4 Å². The van der Waals surface area contributed by atoms with Gasteiger partial charge >= 0.3 is 0 Å². The van der Waals surface area contributed by atoms with Gasteiger partial charge in [-0.3, -0.25) is 4.79 Å². The molecule has 0 radical (unpaired) electrons. The zero-order valence-electron chi connectivity index (χ0n) is 31.5. The van der Waals surface area contributed by atoms with E-state index in [1.165, 1.54) is 0 Å². The Labute approximate surface area is 286 Å². The third-order valence-electron chi connectivity index (χ3n) is 6.50. The normalized spacial score (nSPS) is 13.8. The number of Topliss-reactive ketones (excluding diaryl/α,β-unsaturated/α-hetero) is 1. The molecule has 0 rings (SSSR count). The first-order valence-corrected chi connectivity index (χ1v) is 17.2. The van der Waals surface area contributed by atoms with Crippen LogP contribution in [0.5, 0.6) is 0 Å². The van der Waals surface area contributed by atoms with Gasteiger partial charge in [-0.1, -0.05) is 34.6 Å². The van der Waals surface area contributed by atoms with E-state index in [-0.39, 0.29) is 36.6 Å². The average Bonchev–Trinajstić information content (AvgIpc) is 2.95. The fourth-order valence-electron chi connectivity index (χ4n) is 4.26. The molecule has 1 atom stereocenters. The van der Waals surface area contributed by atoms with Gasteiger partial charge in [0.25, 0.3) is 0 Å². The zero-order chi connectivity index (χ0) is 35.7. The summed E-state index contributed by atoms with van der Waals surface area (Å²) in [6, 6.07) is 0. The van der Waals surface area contributed by atoms with Crippen molar-refractivity contribution in [1.29, 1.82) is 0 Å². The monoisotopic (exact) mass is 682 g/mol. The van der Waals surface area contributed by atoms with Crippen molar-refractivity contribution in [3.05, 3.63) is 0 Å². The zero-order valence-corrected chi connectivity index (χ0v) is 31.5. The molecule has 0 heterocycles. The summed E-state index contributed by atoms with van der Waals surface area (Å²) >= 11 is 0. The number of nitrogens with one attached hydrogen (secondary N) is 1. The number of aliphatic hydroxyl groups is 1. The molecule has 2 N–H and O–H groups in total. The predicted molar refractivity (Wildman–Crippen MR) is 183 cm³/mol. The Morgan fingerprint density at radius 2 is 1.00 bits per heavy atom. The molecule has 47 heavy (non-hydrogen) atoms. The standard InChI is InChI=1S/C35H71NO11/c1-32(2,3)29-46-24-21-43-18-17-41-19-22-44-25-30(37)26-47-35(9,10)28-34(7,8)31(38)27-45-23-20-42-16-15-40-14-13-39-12-11-36-33(4,5)6/h30,36-37H,11-29H2,1-10H3. The van der Waals surface area contributed by atoms with E-state index in [9.17, 15) is 9.90 Å². The number of carbonyl (C=O) groups is 1. The second-order valence-electron chi connectivity index (χ2n) is 15.2. The molecule has 0 spiro atoms. The highest BCUT2D eigenvalue weighted by molar-refractivity contribution is 5.85. The van der Waals surface area contributed by atoms with Gasteiger partial charge in [-0.05, 0) is 46.5 Å². The lowest BCUT2D eigenvalue weighted by molar-refractivity contribution is -0.139. The number of carbonyl (C=O) groups excluding carboxylic acids is 1. The van der Waals surface area contributed by atoms with E-state index < -0.39 is 17.1 Å². The van der Waals surface area contributed by atoms with Crippen molar-refractivity contribution in [2.75, 3.05) is 119 Å². The van der Waals surface area contributed by atoms with Gasteiger partial charge in [0, 0.05) is 17.5 Å². The number of rotatable bonds is 32. The summed E-state index contributed by atoms with van der Waals surface area (Å²) in [5.74, 6) is -0.0154. The first-order valence-electron chi connectivity index (χ1n) is 17.2. The Kier molecular flexibility index (Phi) is 25.7. The van der Waals surface area contributed by atoms with Crippen LogP contribution in [-0.4, -0.2) is 147 Å². The van der Waals surface area contributed by atoms with Crippen molar-refractivity contribution in [1.82, 2.24) is 5.32 Å². The fraction of sp³-hybridized carbons (Fsp3) is 0.971. The lowest BCUT2D eigenvalue weighted by atomic mass is 9.78. The van der Waals surface area contributed by atoms with E-state index in [0.717, 1.165) is 6.54 Å². The molecule has 1 unspecified atom stereocenters. The summed E-state index contributed by atoms with van der Waals surface area (Å²) in [5.41, 5.74) is -1.04. The molecule has 0 aromatic carbocycles. The van der Waals surface area contributed by atoms with Crippen LogP contribution in [0.3, 0.4) is 0 Å². The SMILES string of the molecule is CC(C)(C)COCCOCCOCCOCC(O)COC(C)(C)CC(C)(C)C(=O)COCCOCCOCCOCCNC(C)(C)C. The molecule has 0 saturated heterocycles. The quantitative estimate of drug-likeness (QED) is 0.100. The van der Waals surface area contributed by atoms with E-state index >= 15 is 0 Å². The van der Waals surface area contributed by atoms with Gasteiger partial charge in [0.1, 0.15) is 12.7 Å². The van der Waals surface area contributed by atoms with E-state index in [2.05, 4.69) is 46.9 Å². The predicted octanol–water partition coefficient (Wildman–Crippen LogP) is 3.69. The van der Waals surface area contributed by atoms with Gasteiger partial charge in [0.15, 0.2) is 5.78 Å². The van der Waals surface area contributed by atoms with Gasteiger partial charge in [0.2, 0.25) is 0 Å². The molecule has 282 valence electrons. The number of ether oxygens (including phenoxy) is 9. The maximum absolute atomic E-state index is 12.8. The molecule has 0 aliphatic heterocycles. The van der Waals surface area contributed by atoms with Crippen LogP contribution >= 0.6 is 0 Å². The van der Waals surface area contributed by atoms with Crippen LogP contribution in [0.4, 0.5) is 0 Å². The third-order valence-corrected chi connectivity index (χ3v) is 6.50. The Bertz CT molecular complexity index is 751. The molecule has 0 aromatic heterocycles. The lowest BCUT2D eigenvalue weighted by Gasteiger charge is -2.34. The smallest absolute Gasteiger partial charge is 0.164 e. The Morgan fingerprint density at radius 3 is 1.47 bits per heavy atom. The van der Waals surface area contributed by atoms with Crippen LogP contribution in [0, 0.1) is 10.8 Å². The van der Waals surface area contributed by atoms with Crippen LogP contribution < -0.4 is 5.32 Å². The summed E-state index contributed by atoms with van der Waals surface area (Å²) in [4.78, 5) is 12.8. The summed E-state index contributed by atoms with van der Waals surface area (Å²) in [7, 11) is 0. The molecule has 0 fully saturated rings. The number of aliphatic hydroxyl groups excluding tert-OH is 1. The van der Waals surface area contributed by atoms with Crippen molar-refractivity contribution >= 4 is 5.78 Å². The lowest BCUT2D eigenvalue weighted by Crippen LogP contribution is -2.39. The summed E-state index contributed by atoms with van der Waals surface area (Å²) < 4.78 is 50.1. The molecule has 12 heteroatoms. The van der Waals surface area contributed by atoms with Gasteiger partial charge in [0.05, 0.1) is 111 Å². The largest absolute Gasteiger partial charge is 0.388 e. The summed E-state index contributed by atoms with van der Waals surface area (Å²) in [5, 5.41) is 13.7. The molecule has 0 amide bonds. The minimum atomic E-state index is -0.785. The molecular formula is C35H71NO11. The van der Waals surface area contributed by atoms with Gasteiger partial charge in [-0.25, -0.2) is 0 Å². The van der Waals surface area contributed by atoms with Gasteiger partial charge in [-0.2, -0.15) is 0 Å². The van der Waals surface area contributed by atoms with E-state index in [1.54, 1.807) is 0 Å². The molecule has 0 aromatic rings. The molecule has 0 bridgehead atoms. The number of hydrogen-bond donors (Lipinski definition) is 2. The second-order valence-corrected chi connectivity index (χ2v) is 15.2. The maximum Gasteiger partial charge on any atom is 0.164 e. The van der Waals surface area contributed by atoms with Gasteiger partial charge in [-0.15, -0.1) is 0 Å². The van der Waals surface area contributed by atoms with Crippen molar-refractivity contribution in [3.63, 3.8) is 0 Å². The van der Waals surface area contributed by atoms with Crippen molar-refractivity contribution in [3.8, 4) is 0 Å². The van der Waals surface area contributed by atoms with Crippen LogP contribution in [0.15, 0.2) is 0 Å². The number of hydrogen-bond acceptors (Lipinski definition) is 12. The average molecular weight is 682 g/mol. The molecule has 0 aliphatic rings. The molecule has 12 nitrogen and oxygen atoms in total. The van der Waals surface area contributed by atoms with Crippen LogP contribution in [0.25, 0.3) is 0 Å². The molecule has 0 saturated carbocycles. The summed E-state index contributed by atoms with van der Waals surface area (Å²) in [6.07, 6.45) is -0.313. The van der Waals surface area contributed by atoms with Crippen molar-refractivity contribution < 1.29 is 52.5 Å². The highest BCUT2D eigenvalue weighted by atomic mass is 16.6. The highest BCUT2D eigenvalue weighted by Gasteiger charge is 2.35. The Morgan fingerprint density at radius 1 is 0.574 bits per heavy atom. The van der Waals surface area contributed by atoms with E-state index in [1.807, 2.05) is 27.7 Å². The van der Waals surface area contributed by atoms with Crippen LogP contribution in [0.2, 0.25) is 0 Å². The minimum Gasteiger partial charge on any atom is -0.388 e. The van der Waals surface area contributed by atoms with Crippen molar-refractivity contribution in [2.24, 2.45) is 10.8 Å². The molecular weight excluding hydrogens is 610 g/mol. The first kappa shape index (κ1) is 46.2. The van der Waals surface area contributed by atoms with E-state index in [0.29, 0.717) is 98.9 Å². The fourth-order valence-corrected chi connectivity index (χ4v) is 4.26. The Hall–Kier alpha value is -0.770. The second kappa shape index (κ2) is 26.1. The van der Waals surface area contributed by atoms with Crippen molar-refractivity contribution in [2.45, 2.75) is 92.9 Å². The topological polar surface area (TPSA) is 132 Å². The minimum absolute atomic E-state index is 0.000867. The maximum atomic E-state index is 12.8. The first-order chi connectivity index (χ1) is 21.9.